The molecule has 4 rings (SSSR count). The Morgan fingerprint density at radius 2 is 1.48 bits per heavy atom. The molecule has 0 atom stereocenters. The Balaban J connectivity index is 1.13. The summed E-state index contributed by atoms with van der Waals surface area (Å²) in [6, 6.07) is 12.6. The van der Waals surface area contributed by atoms with Crippen molar-refractivity contribution in [3.8, 4) is 0 Å². The number of benzene rings is 2. The maximum absolute atomic E-state index is 12.6. The van der Waals surface area contributed by atoms with E-state index in [9.17, 15) is 14.4 Å². The second kappa shape index (κ2) is 10.7. The first-order valence-corrected chi connectivity index (χ1v) is 12.1. The Kier molecular flexibility index (Phi) is 7.68. The van der Waals surface area contributed by atoms with Crippen molar-refractivity contribution >= 4 is 40.9 Å². The van der Waals surface area contributed by atoms with Gasteiger partial charge in [-0.25, -0.2) is 0 Å². The van der Waals surface area contributed by atoms with Crippen molar-refractivity contribution in [1.29, 1.82) is 0 Å². The molecule has 2 aromatic carbocycles. The van der Waals surface area contributed by atoms with Crippen LogP contribution in [0.15, 0.2) is 42.5 Å². The Labute approximate surface area is 204 Å². The highest BCUT2D eigenvalue weighted by Gasteiger charge is 2.34. The van der Waals surface area contributed by atoms with Crippen LogP contribution in [0.3, 0.4) is 0 Å². The SMILES string of the molecule is O=C(CCCCCN1C(=O)c2ccccc2C1=O)N1CCN(Cc2ccc(Cl)c(Cl)c2)CC1. The molecule has 0 spiro atoms. The van der Waals surface area contributed by atoms with Crippen molar-refractivity contribution in [2.75, 3.05) is 32.7 Å². The smallest absolute Gasteiger partial charge is 0.261 e. The number of rotatable bonds is 8. The number of unbranched alkanes of at least 4 members (excludes halogenated alkanes) is 2. The maximum atomic E-state index is 12.6. The largest absolute Gasteiger partial charge is 0.340 e. The molecule has 2 aromatic rings. The molecule has 3 amide bonds. The van der Waals surface area contributed by atoms with E-state index in [2.05, 4.69) is 4.90 Å². The van der Waals surface area contributed by atoms with Crippen LogP contribution in [-0.2, 0) is 11.3 Å². The summed E-state index contributed by atoms with van der Waals surface area (Å²) in [6.07, 6.45) is 2.76. The van der Waals surface area contributed by atoms with Crippen LogP contribution in [0.4, 0.5) is 0 Å². The topological polar surface area (TPSA) is 60.9 Å². The molecule has 8 heteroatoms. The molecule has 33 heavy (non-hydrogen) atoms. The van der Waals surface area contributed by atoms with E-state index in [1.807, 2.05) is 23.1 Å². The number of amides is 3. The number of carbonyl (C=O) groups is 3. The molecule has 0 bridgehead atoms. The van der Waals surface area contributed by atoms with Crippen LogP contribution in [0.25, 0.3) is 0 Å². The van der Waals surface area contributed by atoms with E-state index in [0.29, 0.717) is 40.6 Å². The fourth-order valence-corrected chi connectivity index (χ4v) is 4.70. The van der Waals surface area contributed by atoms with Crippen molar-refractivity contribution < 1.29 is 14.4 Å². The van der Waals surface area contributed by atoms with E-state index in [0.717, 1.165) is 51.1 Å². The van der Waals surface area contributed by atoms with E-state index in [1.54, 1.807) is 24.3 Å². The monoisotopic (exact) mass is 487 g/mol. The third-order valence-electron chi connectivity index (χ3n) is 6.27. The van der Waals surface area contributed by atoms with Gasteiger partial charge in [-0.05, 0) is 42.7 Å². The van der Waals surface area contributed by atoms with Crippen molar-refractivity contribution in [1.82, 2.24) is 14.7 Å². The predicted octanol–water partition coefficient (Wildman–Crippen LogP) is 4.49. The number of halogens is 2. The lowest BCUT2D eigenvalue weighted by Gasteiger charge is -2.35. The molecule has 2 heterocycles. The van der Waals surface area contributed by atoms with Crippen molar-refractivity contribution in [2.45, 2.75) is 32.2 Å². The van der Waals surface area contributed by atoms with Crippen molar-refractivity contribution in [3.05, 3.63) is 69.2 Å². The zero-order chi connectivity index (χ0) is 23.4. The molecule has 0 saturated carbocycles. The highest BCUT2D eigenvalue weighted by molar-refractivity contribution is 6.42. The van der Waals surface area contributed by atoms with Gasteiger partial charge in [0.15, 0.2) is 0 Å². The second-order valence-electron chi connectivity index (χ2n) is 8.52. The summed E-state index contributed by atoms with van der Waals surface area (Å²) in [7, 11) is 0. The molecule has 0 unspecified atom stereocenters. The quantitative estimate of drug-likeness (QED) is 0.406. The summed E-state index contributed by atoms with van der Waals surface area (Å²) >= 11 is 12.1. The predicted molar refractivity (Wildman–Crippen MR) is 129 cm³/mol. The zero-order valence-electron chi connectivity index (χ0n) is 18.4. The number of fused-ring (bicyclic) bond motifs is 1. The highest BCUT2D eigenvalue weighted by atomic mass is 35.5. The third-order valence-corrected chi connectivity index (χ3v) is 7.00. The number of hydrogen-bond acceptors (Lipinski definition) is 4. The molecule has 0 N–H and O–H groups in total. The van der Waals surface area contributed by atoms with Gasteiger partial charge in [-0.3, -0.25) is 24.2 Å². The maximum Gasteiger partial charge on any atom is 0.261 e. The van der Waals surface area contributed by atoms with Crippen LogP contribution in [0.2, 0.25) is 10.0 Å². The summed E-state index contributed by atoms with van der Waals surface area (Å²) in [5.74, 6) is -0.263. The van der Waals surface area contributed by atoms with E-state index in [-0.39, 0.29) is 17.7 Å². The highest BCUT2D eigenvalue weighted by Crippen LogP contribution is 2.24. The number of carbonyl (C=O) groups excluding carboxylic acids is 3. The molecule has 0 aromatic heterocycles. The lowest BCUT2D eigenvalue weighted by atomic mass is 10.1. The third kappa shape index (κ3) is 5.57. The average Bonchev–Trinajstić information content (AvgIpc) is 3.06. The summed E-state index contributed by atoms with van der Waals surface area (Å²) < 4.78 is 0. The van der Waals surface area contributed by atoms with E-state index in [1.165, 1.54) is 4.90 Å². The van der Waals surface area contributed by atoms with E-state index >= 15 is 0 Å². The first-order valence-electron chi connectivity index (χ1n) is 11.3. The number of hydrogen-bond donors (Lipinski definition) is 0. The van der Waals surface area contributed by atoms with Crippen LogP contribution in [0.5, 0.6) is 0 Å². The van der Waals surface area contributed by atoms with Gasteiger partial charge in [0.2, 0.25) is 5.91 Å². The van der Waals surface area contributed by atoms with Gasteiger partial charge in [0.05, 0.1) is 21.2 Å². The zero-order valence-corrected chi connectivity index (χ0v) is 19.9. The molecule has 2 aliphatic heterocycles. The van der Waals surface area contributed by atoms with E-state index in [4.69, 9.17) is 23.2 Å². The Bertz CT molecular complexity index is 1020. The average molecular weight is 488 g/mol. The molecule has 0 radical (unpaired) electrons. The first-order chi connectivity index (χ1) is 15.9. The fraction of sp³-hybridized carbons (Fsp3) is 0.400. The van der Waals surface area contributed by atoms with Crippen LogP contribution < -0.4 is 0 Å². The number of imide groups is 1. The summed E-state index contributed by atoms with van der Waals surface area (Å²) in [5.41, 5.74) is 2.08. The molecule has 1 saturated heterocycles. The Morgan fingerprint density at radius 3 is 2.12 bits per heavy atom. The van der Waals surface area contributed by atoms with Gasteiger partial charge in [-0.1, -0.05) is 47.8 Å². The normalized spacial score (nSPS) is 16.4. The molecule has 174 valence electrons. The minimum absolute atomic E-state index is 0.171. The standard InChI is InChI=1S/C25H27Cl2N3O3/c26-21-10-9-18(16-22(21)27)17-28-12-14-29(15-13-28)23(31)8-2-1-5-11-30-24(32)19-6-3-4-7-20(19)25(30)33/h3-4,6-7,9-10,16H,1-2,5,8,11-15,17H2. The lowest BCUT2D eigenvalue weighted by Crippen LogP contribution is -2.48. The van der Waals surface area contributed by atoms with Gasteiger partial charge in [-0.2, -0.15) is 0 Å². The van der Waals surface area contributed by atoms with Gasteiger partial charge in [-0.15, -0.1) is 0 Å². The van der Waals surface area contributed by atoms with Gasteiger partial charge in [0, 0.05) is 45.7 Å². The lowest BCUT2D eigenvalue weighted by molar-refractivity contribution is -0.133. The van der Waals surface area contributed by atoms with Gasteiger partial charge in [0.25, 0.3) is 11.8 Å². The van der Waals surface area contributed by atoms with Gasteiger partial charge < -0.3 is 4.90 Å². The molecule has 2 aliphatic rings. The fourth-order valence-electron chi connectivity index (χ4n) is 4.37. The molecule has 0 aliphatic carbocycles. The van der Waals surface area contributed by atoms with Crippen LogP contribution in [0.1, 0.15) is 52.0 Å². The molecular formula is C25H27Cl2N3O3. The summed E-state index contributed by atoms with van der Waals surface area (Å²) in [4.78, 5) is 42.9. The minimum Gasteiger partial charge on any atom is -0.340 e. The molecular weight excluding hydrogens is 461 g/mol. The van der Waals surface area contributed by atoms with Crippen molar-refractivity contribution in [2.24, 2.45) is 0 Å². The second-order valence-corrected chi connectivity index (χ2v) is 9.34. The number of piperazine rings is 1. The summed E-state index contributed by atoms with van der Waals surface area (Å²) in [6.45, 7) is 4.27. The van der Waals surface area contributed by atoms with Crippen LogP contribution in [0, 0.1) is 0 Å². The molecule has 1 fully saturated rings. The van der Waals surface area contributed by atoms with Crippen molar-refractivity contribution in [3.63, 3.8) is 0 Å². The Morgan fingerprint density at radius 1 is 0.818 bits per heavy atom. The van der Waals surface area contributed by atoms with E-state index < -0.39 is 0 Å². The van der Waals surface area contributed by atoms with Gasteiger partial charge >= 0.3 is 0 Å². The molecule has 6 nitrogen and oxygen atoms in total. The van der Waals surface area contributed by atoms with Crippen LogP contribution >= 0.6 is 23.2 Å². The first kappa shape index (κ1) is 23.7. The summed E-state index contributed by atoms with van der Waals surface area (Å²) in [5, 5.41) is 1.12. The Hall–Kier alpha value is -2.41. The van der Waals surface area contributed by atoms with Crippen LogP contribution in [-0.4, -0.2) is 65.1 Å². The minimum atomic E-state index is -0.217. The van der Waals surface area contributed by atoms with Gasteiger partial charge in [0.1, 0.15) is 0 Å². The number of nitrogens with zero attached hydrogens (tertiary/aromatic N) is 3.